The van der Waals surface area contributed by atoms with Crippen molar-refractivity contribution >= 4 is 16.9 Å². The summed E-state index contributed by atoms with van der Waals surface area (Å²) in [6.07, 6.45) is 3.39. The first-order valence-electron chi connectivity index (χ1n) is 4.58. The van der Waals surface area contributed by atoms with Crippen molar-refractivity contribution in [3.05, 3.63) is 12.5 Å². The highest BCUT2D eigenvalue weighted by atomic mass is 15.3. The van der Waals surface area contributed by atoms with E-state index in [0.29, 0.717) is 0 Å². The molecular formula is C9H13N5. The Morgan fingerprint density at radius 1 is 1.36 bits per heavy atom. The van der Waals surface area contributed by atoms with Crippen molar-refractivity contribution in [2.45, 2.75) is 13.5 Å². The van der Waals surface area contributed by atoms with Gasteiger partial charge in [0, 0.05) is 20.6 Å². The van der Waals surface area contributed by atoms with E-state index in [0.717, 1.165) is 23.4 Å². The topological polar surface area (TPSA) is 46.8 Å². The number of aryl methyl sites for hydroxylation is 1. The lowest BCUT2D eigenvalue weighted by Crippen LogP contribution is -2.11. The number of rotatable bonds is 2. The van der Waals surface area contributed by atoms with Crippen molar-refractivity contribution in [1.82, 2.24) is 19.7 Å². The lowest BCUT2D eigenvalue weighted by molar-refractivity contribution is 0.676. The number of hydrogen-bond donors (Lipinski definition) is 0. The third-order valence-electron chi connectivity index (χ3n) is 2.14. The van der Waals surface area contributed by atoms with Crippen LogP contribution in [0, 0.1) is 0 Å². The smallest absolute Gasteiger partial charge is 0.163 e. The van der Waals surface area contributed by atoms with Crippen LogP contribution in [-0.2, 0) is 6.54 Å². The summed E-state index contributed by atoms with van der Waals surface area (Å²) >= 11 is 0. The molecule has 2 aromatic heterocycles. The average molecular weight is 191 g/mol. The lowest BCUT2D eigenvalue weighted by Gasteiger charge is -2.10. The summed E-state index contributed by atoms with van der Waals surface area (Å²) in [5, 5.41) is 5.24. The maximum Gasteiger partial charge on any atom is 0.163 e. The van der Waals surface area contributed by atoms with Crippen LogP contribution in [0.1, 0.15) is 6.92 Å². The maximum absolute atomic E-state index is 4.24. The van der Waals surface area contributed by atoms with Crippen LogP contribution in [0.5, 0.6) is 0 Å². The standard InChI is InChI=1S/C9H13N5/c1-4-14-9-7(5-12-14)8(13(2)3)10-6-11-9/h5-6H,4H2,1-3H3. The van der Waals surface area contributed by atoms with Gasteiger partial charge in [0.15, 0.2) is 5.65 Å². The van der Waals surface area contributed by atoms with Crippen molar-refractivity contribution in [1.29, 1.82) is 0 Å². The van der Waals surface area contributed by atoms with Gasteiger partial charge in [0.2, 0.25) is 0 Å². The molecule has 0 aliphatic rings. The minimum absolute atomic E-state index is 0.827. The second-order valence-electron chi connectivity index (χ2n) is 3.29. The van der Waals surface area contributed by atoms with E-state index in [2.05, 4.69) is 15.1 Å². The van der Waals surface area contributed by atoms with Crippen molar-refractivity contribution in [3.63, 3.8) is 0 Å². The molecule has 74 valence electrons. The Labute approximate surface area is 82.4 Å². The van der Waals surface area contributed by atoms with Gasteiger partial charge in [-0.2, -0.15) is 5.10 Å². The second-order valence-corrected chi connectivity index (χ2v) is 3.29. The first-order valence-corrected chi connectivity index (χ1v) is 4.58. The molecule has 0 spiro atoms. The van der Waals surface area contributed by atoms with Crippen LogP contribution in [0.2, 0.25) is 0 Å². The van der Waals surface area contributed by atoms with Crippen molar-refractivity contribution in [2.24, 2.45) is 0 Å². The minimum Gasteiger partial charge on any atom is -0.362 e. The Bertz CT molecular complexity index is 445. The molecule has 0 radical (unpaired) electrons. The van der Waals surface area contributed by atoms with Crippen LogP contribution >= 0.6 is 0 Å². The molecule has 0 aliphatic carbocycles. The van der Waals surface area contributed by atoms with Gasteiger partial charge in [-0.25, -0.2) is 14.6 Å². The first kappa shape index (κ1) is 8.93. The third-order valence-corrected chi connectivity index (χ3v) is 2.14. The van der Waals surface area contributed by atoms with E-state index in [-0.39, 0.29) is 0 Å². The summed E-state index contributed by atoms with van der Waals surface area (Å²) in [6.45, 7) is 2.87. The van der Waals surface area contributed by atoms with Crippen molar-refractivity contribution < 1.29 is 0 Å². The monoisotopic (exact) mass is 191 g/mol. The molecule has 2 heterocycles. The molecule has 0 unspecified atom stereocenters. The second kappa shape index (κ2) is 3.25. The quantitative estimate of drug-likeness (QED) is 0.708. The molecule has 0 fully saturated rings. The zero-order valence-corrected chi connectivity index (χ0v) is 8.60. The van der Waals surface area contributed by atoms with Gasteiger partial charge in [-0.15, -0.1) is 0 Å². The molecule has 0 N–H and O–H groups in total. The maximum atomic E-state index is 4.24. The normalized spacial score (nSPS) is 10.8. The number of anilines is 1. The molecule has 2 rings (SSSR count). The Hall–Kier alpha value is -1.65. The van der Waals surface area contributed by atoms with Crippen LogP contribution < -0.4 is 4.90 Å². The highest BCUT2D eigenvalue weighted by Crippen LogP contribution is 2.20. The summed E-state index contributed by atoms with van der Waals surface area (Å²) in [5.74, 6) is 0.912. The lowest BCUT2D eigenvalue weighted by atomic mass is 10.4. The molecule has 0 bridgehead atoms. The Morgan fingerprint density at radius 3 is 2.79 bits per heavy atom. The predicted octanol–water partition coefficient (Wildman–Crippen LogP) is 0.912. The van der Waals surface area contributed by atoms with E-state index in [4.69, 9.17) is 0 Å². The van der Waals surface area contributed by atoms with Crippen molar-refractivity contribution in [3.8, 4) is 0 Å². The van der Waals surface area contributed by atoms with E-state index < -0.39 is 0 Å². The zero-order valence-electron chi connectivity index (χ0n) is 8.60. The number of nitrogens with zero attached hydrogens (tertiary/aromatic N) is 5. The minimum atomic E-state index is 0.827. The van der Waals surface area contributed by atoms with E-state index >= 15 is 0 Å². The van der Waals surface area contributed by atoms with E-state index in [1.54, 1.807) is 6.33 Å². The SMILES string of the molecule is CCn1ncc2c(N(C)C)ncnc21. The number of fused-ring (bicyclic) bond motifs is 1. The number of aromatic nitrogens is 4. The predicted molar refractivity (Wildman–Crippen MR) is 55.3 cm³/mol. The summed E-state index contributed by atoms with van der Waals surface area (Å²) in [4.78, 5) is 10.4. The fourth-order valence-corrected chi connectivity index (χ4v) is 1.47. The Balaban J connectivity index is 2.70. The molecule has 0 amide bonds. The van der Waals surface area contributed by atoms with Crippen LogP contribution in [-0.4, -0.2) is 33.8 Å². The zero-order chi connectivity index (χ0) is 10.1. The van der Waals surface area contributed by atoms with Gasteiger partial charge < -0.3 is 4.90 Å². The number of hydrogen-bond acceptors (Lipinski definition) is 4. The van der Waals surface area contributed by atoms with E-state index in [1.807, 2.05) is 36.8 Å². The molecule has 0 saturated carbocycles. The van der Waals surface area contributed by atoms with Crippen LogP contribution in [0.4, 0.5) is 5.82 Å². The van der Waals surface area contributed by atoms with Gasteiger partial charge >= 0.3 is 0 Å². The highest BCUT2D eigenvalue weighted by Gasteiger charge is 2.09. The third kappa shape index (κ3) is 1.21. The van der Waals surface area contributed by atoms with E-state index in [1.165, 1.54) is 0 Å². The molecule has 0 aliphatic heterocycles. The van der Waals surface area contributed by atoms with Gasteiger partial charge in [0.1, 0.15) is 12.1 Å². The van der Waals surface area contributed by atoms with Gasteiger partial charge in [0.05, 0.1) is 11.6 Å². The highest BCUT2D eigenvalue weighted by molar-refractivity contribution is 5.86. The van der Waals surface area contributed by atoms with Crippen LogP contribution in [0.15, 0.2) is 12.5 Å². The molecule has 5 heteroatoms. The fourth-order valence-electron chi connectivity index (χ4n) is 1.47. The molecule has 5 nitrogen and oxygen atoms in total. The van der Waals surface area contributed by atoms with Gasteiger partial charge in [-0.3, -0.25) is 0 Å². The summed E-state index contributed by atoms with van der Waals surface area (Å²) in [6, 6.07) is 0. The van der Waals surface area contributed by atoms with Gasteiger partial charge in [-0.05, 0) is 6.92 Å². The average Bonchev–Trinajstić information content (AvgIpc) is 2.59. The first-order chi connectivity index (χ1) is 6.74. The summed E-state index contributed by atoms with van der Waals surface area (Å²) in [7, 11) is 3.93. The molecule has 14 heavy (non-hydrogen) atoms. The summed E-state index contributed by atoms with van der Waals surface area (Å²) < 4.78 is 1.87. The largest absolute Gasteiger partial charge is 0.362 e. The summed E-state index contributed by atoms with van der Waals surface area (Å²) in [5.41, 5.74) is 0.895. The van der Waals surface area contributed by atoms with Crippen molar-refractivity contribution in [2.75, 3.05) is 19.0 Å². The van der Waals surface area contributed by atoms with Gasteiger partial charge in [-0.1, -0.05) is 0 Å². The van der Waals surface area contributed by atoms with Gasteiger partial charge in [0.25, 0.3) is 0 Å². The molecular weight excluding hydrogens is 178 g/mol. The van der Waals surface area contributed by atoms with Crippen LogP contribution in [0.3, 0.4) is 0 Å². The van der Waals surface area contributed by atoms with E-state index in [9.17, 15) is 0 Å². The Morgan fingerprint density at radius 2 is 2.14 bits per heavy atom. The van der Waals surface area contributed by atoms with Crippen LogP contribution in [0.25, 0.3) is 11.0 Å². The molecule has 0 saturated heterocycles. The fraction of sp³-hybridized carbons (Fsp3) is 0.444. The Kier molecular flexibility index (Phi) is 2.07. The molecule has 2 aromatic rings. The molecule has 0 atom stereocenters. The molecule has 0 aromatic carbocycles.